The van der Waals surface area contributed by atoms with Crippen molar-refractivity contribution < 1.29 is 27.8 Å². The average molecular weight is 475 g/mol. The number of benzene rings is 2. The molecule has 33 heavy (non-hydrogen) atoms. The van der Waals surface area contributed by atoms with Crippen LogP contribution in [-0.4, -0.2) is 61.8 Å². The van der Waals surface area contributed by atoms with Crippen molar-refractivity contribution in [2.45, 2.75) is 4.90 Å². The number of methoxy groups -OCH3 is 1. The molecule has 0 atom stereocenters. The van der Waals surface area contributed by atoms with Crippen LogP contribution >= 0.6 is 0 Å². The predicted molar refractivity (Wildman–Crippen MR) is 113 cm³/mol. The standard InChI is InChI=1S/C19H17N5O8S/c1-32-19(25)15-10-14(23(26)27)11-16(24(28)29)18(15)21-6-8-22(9-7-21)33(30,31)17-5-3-2-4-13(17)12-20/h2-5,10-11H,6-9H2,1H3. The number of hydrogen-bond acceptors (Lipinski definition) is 10. The molecule has 0 aliphatic carbocycles. The zero-order valence-electron chi connectivity index (χ0n) is 17.2. The maximum Gasteiger partial charge on any atom is 0.340 e. The van der Waals surface area contributed by atoms with Gasteiger partial charge in [-0.25, -0.2) is 13.2 Å². The second-order valence-electron chi connectivity index (χ2n) is 6.87. The lowest BCUT2D eigenvalue weighted by atomic mass is 10.1. The van der Waals surface area contributed by atoms with Crippen molar-refractivity contribution in [1.82, 2.24) is 4.31 Å². The third kappa shape index (κ3) is 4.45. The van der Waals surface area contributed by atoms with Crippen LogP contribution in [0.15, 0.2) is 41.3 Å². The topological polar surface area (TPSA) is 177 Å². The SMILES string of the molecule is COC(=O)c1cc([N+](=O)[O-])cc([N+](=O)[O-])c1N1CCN(S(=O)(=O)c2ccccc2C#N)CC1. The number of rotatable bonds is 6. The van der Waals surface area contributed by atoms with E-state index in [-0.39, 0.29) is 47.9 Å². The van der Waals surface area contributed by atoms with E-state index in [9.17, 15) is 38.7 Å². The number of nitrogens with zero attached hydrogens (tertiary/aromatic N) is 5. The molecule has 1 aliphatic heterocycles. The van der Waals surface area contributed by atoms with E-state index in [0.29, 0.717) is 0 Å². The molecule has 1 saturated heterocycles. The Bertz CT molecular complexity index is 1280. The molecule has 1 fully saturated rings. The highest BCUT2D eigenvalue weighted by molar-refractivity contribution is 7.89. The van der Waals surface area contributed by atoms with Crippen molar-refractivity contribution in [3.8, 4) is 6.07 Å². The van der Waals surface area contributed by atoms with E-state index < -0.39 is 37.2 Å². The molecule has 0 N–H and O–H groups in total. The van der Waals surface area contributed by atoms with Gasteiger partial charge in [0.1, 0.15) is 11.8 Å². The van der Waals surface area contributed by atoms with Gasteiger partial charge in [0.05, 0.1) is 39.0 Å². The summed E-state index contributed by atoms with van der Waals surface area (Å²) in [5.41, 5.74) is -1.90. The highest BCUT2D eigenvalue weighted by atomic mass is 32.2. The largest absolute Gasteiger partial charge is 0.465 e. The third-order valence-corrected chi connectivity index (χ3v) is 7.02. The van der Waals surface area contributed by atoms with Crippen molar-refractivity contribution >= 4 is 33.1 Å². The second-order valence-corrected chi connectivity index (χ2v) is 8.77. The van der Waals surface area contributed by atoms with Crippen molar-refractivity contribution in [3.05, 3.63) is 67.8 Å². The number of piperazine rings is 1. The molecule has 3 rings (SSSR count). The lowest BCUT2D eigenvalue weighted by Gasteiger charge is -2.35. The summed E-state index contributed by atoms with van der Waals surface area (Å²) < 4.78 is 31.8. The van der Waals surface area contributed by atoms with Gasteiger partial charge < -0.3 is 9.64 Å². The van der Waals surface area contributed by atoms with Gasteiger partial charge in [0.15, 0.2) is 0 Å². The number of non-ortho nitro benzene ring substituents is 1. The van der Waals surface area contributed by atoms with Gasteiger partial charge in [-0.1, -0.05) is 12.1 Å². The van der Waals surface area contributed by atoms with Gasteiger partial charge in [-0.05, 0) is 12.1 Å². The molecule has 14 heteroatoms. The number of ether oxygens (including phenoxy) is 1. The second kappa shape index (κ2) is 9.18. The van der Waals surface area contributed by atoms with Gasteiger partial charge in [0.25, 0.3) is 11.4 Å². The maximum absolute atomic E-state index is 13.0. The number of anilines is 1. The van der Waals surface area contributed by atoms with Crippen molar-refractivity contribution in [2.24, 2.45) is 0 Å². The average Bonchev–Trinajstić information content (AvgIpc) is 2.82. The van der Waals surface area contributed by atoms with Gasteiger partial charge in [0, 0.05) is 32.2 Å². The van der Waals surface area contributed by atoms with Crippen LogP contribution < -0.4 is 4.90 Å². The Balaban J connectivity index is 1.98. The molecule has 0 unspecified atom stereocenters. The van der Waals surface area contributed by atoms with Crippen LogP contribution in [0.1, 0.15) is 15.9 Å². The summed E-state index contributed by atoms with van der Waals surface area (Å²) in [6, 6.07) is 9.20. The Hall–Kier alpha value is -4.09. The van der Waals surface area contributed by atoms with E-state index in [2.05, 4.69) is 4.74 Å². The maximum atomic E-state index is 13.0. The lowest BCUT2D eigenvalue weighted by Crippen LogP contribution is -2.49. The first-order valence-corrected chi connectivity index (χ1v) is 10.8. The van der Waals surface area contributed by atoms with E-state index in [1.54, 1.807) is 0 Å². The monoisotopic (exact) mass is 475 g/mol. The summed E-state index contributed by atoms with van der Waals surface area (Å²) in [6.45, 7) is -0.291. The summed E-state index contributed by atoms with van der Waals surface area (Å²) >= 11 is 0. The predicted octanol–water partition coefficient (Wildman–Crippen LogP) is 1.67. The molecule has 0 amide bonds. The number of sulfonamides is 1. The molecular formula is C19H17N5O8S. The van der Waals surface area contributed by atoms with E-state index in [0.717, 1.165) is 23.5 Å². The van der Waals surface area contributed by atoms with Crippen molar-refractivity contribution in [3.63, 3.8) is 0 Å². The summed E-state index contributed by atoms with van der Waals surface area (Å²) in [5, 5.41) is 32.1. The summed E-state index contributed by atoms with van der Waals surface area (Å²) in [5.74, 6) is -1.00. The minimum Gasteiger partial charge on any atom is -0.465 e. The van der Waals surface area contributed by atoms with Gasteiger partial charge in [0.2, 0.25) is 10.0 Å². The third-order valence-electron chi connectivity index (χ3n) is 5.07. The van der Waals surface area contributed by atoms with Gasteiger partial charge in [-0.2, -0.15) is 9.57 Å². The molecule has 1 aliphatic rings. The molecular weight excluding hydrogens is 458 g/mol. The number of carbonyl (C=O) groups is 1. The Morgan fingerprint density at radius 3 is 2.27 bits per heavy atom. The number of nitro groups is 2. The number of carbonyl (C=O) groups excluding carboxylic acids is 1. The zero-order chi connectivity index (χ0) is 24.3. The fourth-order valence-corrected chi connectivity index (χ4v) is 5.09. The van der Waals surface area contributed by atoms with E-state index in [4.69, 9.17) is 0 Å². The van der Waals surface area contributed by atoms with Gasteiger partial charge in [-0.15, -0.1) is 0 Å². The lowest BCUT2D eigenvalue weighted by molar-refractivity contribution is -0.393. The minimum absolute atomic E-state index is 0.0149. The molecule has 0 saturated carbocycles. The minimum atomic E-state index is -4.02. The molecule has 2 aromatic carbocycles. The number of nitriles is 1. The number of hydrogen-bond donors (Lipinski definition) is 0. The number of nitro benzene ring substituents is 2. The molecule has 0 aromatic heterocycles. The fraction of sp³-hybridized carbons (Fsp3) is 0.263. The Morgan fingerprint density at radius 2 is 1.73 bits per heavy atom. The zero-order valence-corrected chi connectivity index (χ0v) is 18.0. The highest BCUT2D eigenvalue weighted by Crippen LogP contribution is 2.37. The first-order chi connectivity index (χ1) is 15.6. The van der Waals surface area contributed by atoms with Gasteiger partial charge >= 0.3 is 5.97 Å². The highest BCUT2D eigenvalue weighted by Gasteiger charge is 2.36. The smallest absolute Gasteiger partial charge is 0.340 e. The Kier molecular flexibility index (Phi) is 6.56. The molecule has 0 bridgehead atoms. The summed E-state index contributed by atoms with van der Waals surface area (Å²) in [6.07, 6.45) is 0. The van der Waals surface area contributed by atoms with E-state index >= 15 is 0 Å². The fourth-order valence-electron chi connectivity index (χ4n) is 3.52. The van der Waals surface area contributed by atoms with Crippen LogP contribution in [0.5, 0.6) is 0 Å². The van der Waals surface area contributed by atoms with E-state index in [1.165, 1.54) is 29.2 Å². The summed E-state index contributed by atoms with van der Waals surface area (Å²) in [4.78, 5) is 34.7. The van der Waals surface area contributed by atoms with Gasteiger partial charge in [-0.3, -0.25) is 20.2 Å². The normalized spacial score (nSPS) is 14.4. The van der Waals surface area contributed by atoms with E-state index in [1.807, 2.05) is 6.07 Å². The molecule has 172 valence electrons. The van der Waals surface area contributed by atoms with Crippen LogP contribution in [0.25, 0.3) is 0 Å². The molecule has 0 radical (unpaired) electrons. The quantitative estimate of drug-likeness (QED) is 0.339. The number of esters is 1. The van der Waals surface area contributed by atoms with Crippen LogP contribution in [0.2, 0.25) is 0 Å². The molecule has 2 aromatic rings. The van der Waals surface area contributed by atoms with Crippen LogP contribution in [0.3, 0.4) is 0 Å². The van der Waals surface area contributed by atoms with Crippen molar-refractivity contribution in [1.29, 1.82) is 5.26 Å². The Morgan fingerprint density at radius 1 is 1.09 bits per heavy atom. The first-order valence-electron chi connectivity index (χ1n) is 9.41. The molecule has 1 heterocycles. The molecule has 13 nitrogen and oxygen atoms in total. The van der Waals surface area contributed by atoms with Crippen LogP contribution in [0, 0.1) is 31.6 Å². The Labute approximate surface area is 187 Å². The summed E-state index contributed by atoms with van der Waals surface area (Å²) in [7, 11) is -2.98. The molecule has 0 spiro atoms. The van der Waals surface area contributed by atoms with Crippen LogP contribution in [0.4, 0.5) is 17.1 Å². The van der Waals surface area contributed by atoms with Crippen LogP contribution in [-0.2, 0) is 14.8 Å². The van der Waals surface area contributed by atoms with Crippen molar-refractivity contribution in [2.75, 3.05) is 38.2 Å². The first kappa shape index (κ1) is 23.6.